The second-order valence-corrected chi connectivity index (χ2v) is 7.33. The normalized spacial score (nSPS) is 11.7. The third-order valence-corrected chi connectivity index (χ3v) is 4.16. The van der Waals surface area contributed by atoms with Crippen molar-refractivity contribution < 1.29 is 4.74 Å². The summed E-state index contributed by atoms with van der Waals surface area (Å²) in [6, 6.07) is 5.64. The van der Waals surface area contributed by atoms with Gasteiger partial charge in [0.1, 0.15) is 17.4 Å². The zero-order valence-corrected chi connectivity index (χ0v) is 14.2. The summed E-state index contributed by atoms with van der Waals surface area (Å²) in [5, 5.41) is 3.78. The maximum Gasteiger partial charge on any atom is 0.140 e. The zero-order chi connectivity index (χ0) is 15.5. The van der Waals surface area contributed by atoms with Crippen molar-refractivity contribution in [3.63, 3.8) is 0 Å². The maximum atomic E-state index is 6.02. The minimum Gasteiger partial charge on any atom is -0.486 e. The molecule has 0 unspecified atom stereocenters. The van der Waals surface area contributed by atoms with E-state index in [1.54, 1.807) is 11.3 Å². The maximum absolute atomic E-state index is 6.02. The van der Waals surface area contributed by atoms with Gasteiger partial charge in [0.15, 0.2) is 0 Å². The molecular weight excluding hydrogens is 304 g/mol. The summed E-state index contributed by atoms with van der Waals surface area (Å²) in [4.78, 5) is 4.63. The molecule has 0 aliphatic heterocycles. The van der Waals surface area contributed by atoms with Crippen LogP contribution in [-0.4, -0.2) is 11.5 Å². The molecule has 0 radical (unpaired) electrons. The number of aromatic nitrogens is 1. The van der Waals surface area contributed by atoms with Crippen molar-refractivity contribution in [2.24, 2.45) is 5.73 Å². The van der Waals surface area contributed by atoms with Gasteiger partial charge in [0.2, 0.25) is 0 Å². The van der Waals surface area contributed by atoms with Gasteiger partial charge in [-0.3, -0.25) is 0 Å². The zero-order valence-electron chi connectivity index (χ0n) is 12.6. The first-order valence-electron chi connectivity index (χ1n) is 6.96. The van der Waals surface area contributed by atoms with Crippen molar-refractivity contribution >= 4 is 22.9 Å². The molecule has 2 N–H and O–H groups in total. The van der Waals surface area contributed by atoms with Crippen molar-refractivity contribution in [1.29, 1.82) is 0 Å². The fourth-order valence-corrected chi connectivity index (χ4v) is 3.03. The second-order valence-electron chi connectivity index (χ2n) is 5.96. The summed E-state index contributed by atoms with van der Waals surface area (Å²) in [5.74, 6) is 0.831. The van der Waals surface area contributed by atoms with Crippen LogP contribution in [0.3, 0.4) is 0 Å². The van der Waals surface area contributed by atoms with E-state index in [1.165, 1.54) is 0 Å². The Bertz CT molecular complexity index is 605. The average Bonchev–Trinajstić information content (AvgIpc) is 2.87. The van der Waals surface area contributed by atoms with E-state index in [4.69, 9.17) is 22.1 Å². The van der Waals surface area contributed by atoms with Gasteiger partial charge >= 0.3 is 0 Å². The first kappa shape index (κ1) is 16.3. The van der Waals surface area contributed by atoms with Crippen LogP contribution in [0.2, 0.25) is 5.02 Å². The van der Waals surface area contributed by atoms with E-state index < -0.39 is 0 Å². The summed E-state index contributed by atoms with van der Waals surface area (Å²) < 4.78 is 5.89. The second kappa shape index (κ2) is 6.77. The first-order valence-corrected chi connectivity index (χ1v) is 8.22. The summed E-state index contributed by atoms with van der Waals surface area (Å²) in [5.41, 5.74) is 7.84. The van der Waals surface area contributed by atoms with Crippen LogP contribution in [-0.2, 0) is 18.4 Å². The van der Waals surface area contributed by atoms with E-state index in [0.717, 1.165) is 28.4 Å². The number of halogens is 1. The number of nitrogens with zero attached hydrogens (tertiary/aromatic N) is 1. The molecule has 1 aromatic carbocycles. The molecular formula is C16H21ClN2OS. The molecule has 0 spiro atoms. The molecule has 0 bridgehead atoms. The number of ether oxygens (including phenoxy) is 1. The number of hydrogen-bond donors (Lipinski definition) is 1. The van der Waals surface area contributed by atoms with Gasteiger partial charge in [-0.15, -0.1) is 11.3 Å². The molecule has 3 nitrogen and oxygen atoms in total. The Morgan fingerprint density at radius 3 is 2.71 bits per heavy atom. The summed E-state index contributed by atoms with van der Waals surface area (Å²) >= 11 is 7.65. The SMILES string of the molecule is CC(C)(C)c1csc(COc2ccc(Cl)cc2CCN)n1. The molecule has 1 heterocycles. The van der Waals surface area contributed by atoms with Gasteiger partial charge in [0.05, 0.1) is 5.69 Å². The lowest BCUT2D eigenvalue weighted by Gasteiger charge is -2.14. The Hall–Kier alpha value is -1.10. The first-order chi connectivity index (χ1) is 9.90. The predicted octanol–water partition coefficient (Wildman–Crippen LogP) is 4.17. The van der Waals surface area contributed by atoms with Crippen molar-refractivity contribution in [3.8, 4) is 5.75 Å². The molecule has 0 fully saturated rings. The Labute approximate surface area is 135 Å². The molecule has 2 aromatic rings. The Morgan fingerprint density at radius 2 is 2.10 bits per heavy atom. The highest BCUT2D eigenvalue weighted by Crippen LogP contribution is 2.27. The molecule has 2 rings (SSSR count). The van der Waals surface area contributed by atoms with E-state index in [2.05, 4.69) is 31.1 Å². The molecule has 114 valence electrons. The smallest absolute Gasteiger partial charge is 0.140 e. The van der Waals surface area contributed by atoms with Gasteiger partial charge in [0, 0.05) is 15.8 Å². The van der Waals surface area contributed by atoms with Gasteiger partial charge in [-0.25, -0.2) is 4.98 Å². The third-order valence-electron chi connectivity index (χ3n) is 3.11. The lowest BCUT2D eigenvalue weighted by atomic mass is 9.93. The molecule has 0 aliphatic carbocycles. The predicted molar refractivity (Wildman–Crippen MR) is 89.4 cm³/mol. The van der Waals surface area contributed by atoms with E-state index in [1.807, 2.05) is 18.2 Å². The van der Waals surface area contributed by atoms with Crippen molar-refractivity contribution in [1.82, 2.24) is 4.98 Å². The average molecular weight is 325 g/mol. The van der Waals surface area contributed by atoms with Crippen molar-refractivity contribution in [3.05, 3.63) is 44.9 Å². The summed E-state index contributed by atoms with van der Waals surface area (Å²) in [6.45, 7) is 7.52. The van der Waals surface area contributed by atoms with Gasteiger partial charge in [-0.2, -0.15) is 0 Å². The number of benzene rings is 1. The topological polar surface area (TPSA) is 48.1 Å². The molecule has 0 aliphatic rings. The van der Waals surface area contributed by atoms with Gasteiger partial charge < -0.3 is 10.5 Å². The minimum atomic E-state index is 0.0692. The van der Waals surface area contributed by atoms with E-state index in [9.17, 15) is 0 Å². The highest BCUT2D eigenvalue weighted by atomic mass is 35.5. The molecule has 0 amide bonds. The van der Waals surface area contributed by atoms with Crippen LogP contribution in [0.5, 0.6) is 5.75 Å². The Balaban J connectivity index is 2.08. The lowest BCUT2D eigenvalue weighted by molar-refractivity contribution is 0.301. The lowest BCUT2D eigenvalue weighted by Crippen LogP contribution is -2.11. The number of rotatable bonds is 5. The van der Waals surface area contributed by atoms with E-state index in [0.29, 0.717) is 18.2 Å². The number of hydrogen-bond acceptors (Lipinski definition) is 4. The highest BCUT2D eigenvalue weighted by Gasteiger charge is 2.17. The Kier molecular flexibility index (Phi) is 5.25. The van der Waals surface area contributed by atoms with Crippen molar-refractivity contribution in [2.45, 2.75) is 39.2 Å². The van der Waals surface area contributed by atoms with Crippen LogP contribution in [0.1, 0.15) is 37.0 Å². The highest BCUT2D eigenvalue weighted by molar-refractivity contribution is 7.09. The Morgan fingerprint density at radius 1 is 1.33 bits per heavy atom. The van der Waals surface area contributed by atoms with Crippen LogP contribution < -0.4 is 10.5 Å². The summed E-state index contributed by atoms with van der Waals surface area (Å²) in [6.07, 6.45) is 0.751. The minimum absolute atomic E-state index is 0.0692. The van der Waals surface area contributed by atoms with E-state index in [-0.39, 0.29) is 5.41 Å². The summed E-state index contributed by atoms with van der Waals surface area (Å²) in [7, 11) is 0. The van der Waals surface area contributed by atoms with Crippen LogP contribution in [0.4, 0.5) is 0 Å². The van der Waals surface area contributed by atoms with E-state index >= 15 is 0 Å². The van der Waals surface area contributed by atoms with Crippen LogP contribution in [0, 0.1) is 0 Å². The third kappa shape index (κ3) is 4.43. The fourth-order valence-electron chi connectivity index (χ4n) is 1.90. The molecule has 1 aromatic heterocycles. The van der Waals surface area contributed by atoms with Gasteiger partial charge in [-0.1, -0.05) is 32.4 Å². The van der Waals surface area contributed by atoms with Crippen molar-refractivity contribution in [2.75, 3.05) is 6.54 Å². The van der Waals surface area contributed by atoms with Crippen LogP contribution in [0.15, 0.2) is 23.6 Å². The van der Waals surface area contributed by atoms with Gasteiger partial charge in [0.25, 0.3) is 0 Å². The quantitative estimate of drug-likeness (QED) is 0.897. The molecule has 0 saturated heterocycles. The standard InChI is InChI=1S/C16H21ClN2OS/c1-16(2,3)14-10-21-15(19-14)9-20-13-5-4-12(17)8-11(13)6-7-18/h4-5,8,10H,6-7,9,18H2,1-3H3. The fraction of sp³-hybridized carbons (Fsp3) is 0.438. The molecule has 5 heteroatoms. The van der Waals surface area contributed by atoms with Crippen LogP contribution >= 0.6 is 22.9 Å². The van der Waals surface area contributed by atoms with Crippen LogP contribution in [0.25, 0.3) is 0 Å². The number of nitrogens with two attached hydrogens (primary N) is 1. The number of thiazole rings is 1. The monoisotopic (exact) mass is 324 g/mol. The molecule has 21 heavy (non-hydrogen) atoms. The van der Waals surface area contributed by atoms with Gasteiger partial charge in [-0.05, 0) is 36.7 Å². The molecule has 0 saturated carbocycles. The largest absolute Gasteiger partial charge is 0.486 e. The molecule has 0 atom stereocenters.